The van der Waals surface area contributed by atoms with Crippen LogP contribution in [0.1, 0.15) is 26.2 Å². The first-order valence-corrected chi connectivity index (χ1v) is 8.00. The van der Waals surface area contributed by atoms with Crippen LogP contribution in [-0.2, 0) is 0 Å². The molecule has 1 aromatic carbocycles. The maximum Gasteiger partial charge on any atom is 0.120 e. The minimum atomic E-state index is 0.409. The molecule has 0 N–H and O–H groups in total. The molecule has 0 bridgehead atoms. The van der Waals surface area contributed by atoms with Crippen molar-refractivity contribution in [1.82, 2.24) is 0 Å². The van der Waals surface area contributed by atoms with Gasteiger partial charge in [0.25, 0.3) is 0 Å². The van der Waals surface area contributed by atoms with E-state index in [4.69, 9.17) is 4.74 Å². The lowest BCUT2D eigenvalue weighted by Crippen LogP contribution is -2.24. The van der Waals surface area contributed by atoms with Gasteiger partial charge in [0.15, 0.2) is 0 Å². The van der Waals surface area contributed by atoms with Crippen molar-refractivity contribution in [3.05, 3.63) is 28.7 Å². The lowest BCUT2D eigenvalue weighted by molar-refractivity contribution is 0.210. The molecule has 17 heavy (non-hydrogen) atoms. The second-order valence-electron chi connectivity index (χ2n) is 5.12. The Morgan fingerprint density at radius 3 is 2.76 bits per heavy atom. The summed E-state index contributed by atoms with van der Waals surface area (Å²) < 4.78 is 6.88. The number of hydrogen-bond donors (Lipinski definition) is 0. The summed E-state index contributed by atoms with van der Waals surface area (Å²) in [5.41, 5.74) is 0.409. The van der Waals surface area contributed by atoms with E-state index in [1.165, 1.54) is 12.8 Å². The molecule has 0 radical (unpaired) electrons. The molecule has 2 rings (SSSR count). The first-order chi connectivity index (χ1) is 8.14. The number of hydrogen-bond acceptors (Lipinski definition) is 1. The van der Waals surface area contributed by atoms with Gasteiger partial charge in [0.2, 0.25) is 0 Å². The maximum absolute atomic E-state index is 5.81. The number of rotatable bonds is 6. The Balaban J connectivity index is 1.82. The number of ether oxygens (including phenoxy) is 1. The van der Waals surface area contributed by atoms with Gasteiger partial charge >= 0.3 is 0 Å². The van der Waals surface area contributed by atoms with Crippen LogP contribution < -0.4 is 4.74 Å². The number of alkyl halides is 1. The third-order valence-corrected chi connectivity index (χ3v) is 5.38. The van der Waals surface area contributed by atoms with Crippen molar-refractivity contribution >= 4 is 31.9 Å². The van der Waals surface area contributed by atoms with Gasteiger partial charge in [-0.05, 0) is 48.8 Å². The van der Waals surface area contributed by atoms with E-state index >= 15 is 0 Å². The molecule has 1 aromatic rings. The Labute approximate surface area is 120 Å². The molecular formula is C14H18Br2O. The zero-order valence-electron chi connectivity index (χ0n) is 10.1. The molecule has 1 aliphatic carbocycles. The monoisotopic (exact) mass is 360 g/mol. The average molecular weight is 362 g/mol. The highest BCUT2D eigenvalue weighted by molar-refractivity contribution is 9.10. The molecule has 0 heterocycles. The Bertz CT molecular complexity index is 376. The van der Waals surface area contributed by atoms with Gasteiger partial charge in [-0.2, -0.15) is 0 Å². The molecule has 1 atom stereocenters. The normalized spacial score (nSPS) is 18.8. The van der Waals surface area contributed by atoms with Gasteiger partial charge in [-0.25, -0.2) is 0 Å². The van der Waals surface area contributed by atoms with E-state index < -0.39 is 0 Å². The van der Waals surface area contributed by atoms with Crippen LogP contribution in [0.25, 0.3) is 0 Å². The highest BCUT2D eigenvalue weighted by atomic mass is 79.9. The van der Waals surface area contributed by atoms with Crippen LogP contribution >= 0.6 is 31.9 Å². The zero-order chi connectivity index (χ0) is 12.3. The fourth-order valence-electron chi connectivity index (χ4n) is 2.12. The molecule has 3 heteroatoms. The molecule has 1 saturated carbocycles. The van der Waals surface area contributed by atoms with Crippen LogP contribution in [0.3, 0.4) is 0 Å². The SMILES string of the molecule is CC(CBr)(CCOc1cccc(Br)c1)C1CC1. The lowest BCUT2D eigenvalue weighted by atomic mass is 9.84. The zero-order valence-corrected chi connectivity index (χ0v) is 13.3. The van der Waals surface area contributed by atoms with Crippen LogP contribution in [0.5, 0.6) is 5.75 Å². The second kappa shape index (κ2) is 5.75. The summed E-state index contributed by atoms with van der Waals surface area (Å²) in [7, 11) is 0. The largest absolute Gasteiger partial charge is 0.494 e. The molecule has 1 aliphatic rings. The molecule has 0 amide bonds. The summed E-state index contributed by atoms with van der Waals surface area (Å²) >= 11 is 7.10. The van der Waals surface area contributed by atoms with E-state index in [-0.39, 0.29) is 0 Å². The topological polar surface area (TPSA) is 9.23 Å². The fraction of sp³-hybridized carbons (Fsp3) is 0.571. The van der Waals surface area contributed by atoms with Crippen molar-refractivity contribution < 1.29 is 4.74 Å². The van der Waals surface area contributed by atoms with Crippen molar-refractivity contribution in [3.8, 4) is 5.75 Å². The number of halogens is 2. The maximum atomic E-state index is 5.81. The minimum Gasteiger partial charge on any atom is -0.494 e. The summed E-state index contributed by atoms with van der Waals surface area (Å²) in [4.78, 5) is 0. The highest BCUT2D eigenvalue weighted by Gasteiger charge is 2.40. The smallest absolute Gasteiger partial charge is 0.120 e. The summed E-state index contributed by atoms with van der Waals surface area (Å²) in [6, 6.07) is 8.04. The molecule has 1 unspecified atom stereocenters. The standard InChI is InChI=1S/C14H18Br2O/c1-14(10-15,11-5-6-11)7-8-17-13-4-2-3-12(16)9-13/h2-4,9,11H,5-8,10H2,1H3. The van der Waals surface area contributed by atoms with Crippen molar-refractivity contribution in [1.29, 1.82) is 0 Å². The number of benzene rings is 1. The van der Waals surface area contributed by atoms with Crippen molar-refractivity contribution in [2.45, 2.75) is 26.2 Å². The van der Waals surface area contributed by atoms with Crippen LogP contribution in [0, 0.1) is 11.3 Å². The lowest BCUT2D eigenvalue weighted by Gasteiger charge is -2.27. The molecule has 1 nitrogen and oxygen atoms in total. The van der Waals surface area contributed by atoms with Crippen molar-refractivity contribution in [2.75, 3.05) is 11.9 Å². The fourth-order valence-corrected chi connectivity index (χ4v) is 3.24. The van der Waals surface area contributed by atoms with E-state index in [0.717, 1.165) is 34.5 Å². The summed E-state index contributed by atoms with van der Waals surface area (Å²) in [5, 5.41) is 1.08. The van der Waals surface area contributed by atoms with Crippen LogP contribution in [0.2, 0.25) is 0 Å². The van der Waals surface area contributed by atoms with Gasteiger partial charge < -0.3 is 4.74 Å². The summed E-state index contributed by atoms with van der Waals surface area (Å²) in [6.07, 6.45) is 3.90. The predicted octanol–water partition coefficient (Wildman–Crippen LogP) is 5.03. The van der Waals surface area contributed by atoms with Gasteiger partial charge in [-0.3, -0.25) is 0 Å². The summed E-state index contributed by atoms with van der Waals surface area (Å²) in [6.45, 7) is 3.17. The third-order valence-electron chi connectivity index (χ3n) is 3.61. The summed E-state index contributed by atoms with van der Waals surface area (Å²) in [5.74, 6) is 1.85. The van der Waals surface area contributed by atoms with Crippen LogP contribution in [-0.4, -0.2) is 11.9 Å². The molecule has 0 saturated heterocycles. The van der Waals surface area contributed by atoms with E-state index in [1.807, 2.05) is 24.3 Å². The quantitative estimate of drug-likeness (QED) is 0.645. The molecule has 94 valence electrons. The van der Waals surface area contributed by atoms with Gasteiger partial charge in [-0.15, -0.1) is 0 Å². The molecule has 0 aliphatic heterocycles. The van der Waals surface area contributed by atoms with E-state index in [1.54, 1.807) is 0 Å². The average Bonchev–Trinajstić information content (AvgIpc) is 3.13. The molecule has 0 spiro atoms. The predicted molar refractivity (Wildman–Crippen MR) is 78.9 cm³/mol. The first kappa shape index (κ1) is 13.4. The minimum absolute atomic E-state index is 0.409. The second-order valence-corrected chi connectivity index (χ2v) is 6.59. The van der Waals surface area contributed by atoms with Gasteiger partial charge in [0, 0.05) is 9.80 Å². The Kier molecular flexibility index (Phi) is 4.53. The first-order valence-electron chi connectivity index (χ1n) is 6.08. The highest BCUT2D eigenvalue weighted by Crippen LogP contribution is 2.48. The van der Waals surface area contributed by atoms with E-state index in [2.05, 4.69) is 38.8 Å². The van der Waals surface area contributed by atoms with E-state index in [9.17, 15) is 0 Å². The van der Waals surface area contributed by atoms with Crippen molar-refractivity contribution in [3.63, 3.8) is 0 Å². The third kappa shape index (κ3) is 3.72. The molecule has 0 aromatic heterocycles. The van der Waals surface area contributed by atoms with Gasteiger partial charge in [0.05, 0.1) is 6.61 Å². The van der Waals surface area contributed by atoms with E-state index in [0.29, 0.717) is 5.41 Å². The van der Waals surface area contributed by atoms with Crippen LogP contribution in [0.4, 0.5) is 0 Å². The van der Waals surface area contributed by atoms with Gasteiger partial charge in [0.1, 0.15) is 5.75 Å². The molecular weight excluding hydrogens is 344 g/mol. The van der Waals surface area contributed by atoms with Gasteiger partial charge in [-0.1, -0.05) is 44.8 Å². The Hall–Kier alpha value is -0.0200. The Morgan fingerprint density at radius 1 is 1.41 bits per heavy atom. The molecule has 1 fully saturated rings. The van der Waals surface area contributed by atoms with Crippen LogP contribution in [0.15, 0.2) is 28.7 Å². The Morgan fingerprint density at radius 2 is 2.18 bits per heavy atom. The van der Waals surface area contributed by atoms with Crippen molar-refractivity contribution in [2.24, 2.45) is 11.3 Å².